The molecular formula is C26H27F2N2NaO3. The number of halogens is 2. The third-order valence-electron chi connectivity index (χ3n) is 6.37. The monoisotopic (exact) mass is 476 g/mol. The fraction of sp³-hybridized carbons (Fsp3) is 0.385. The summed E-state index contributed by atoms with van der Waals surface area (Å²) in [6, 6.07) is 10.9. The molecule has 2 aromatic carbocycles. The molecule has 1 aromatic heterocycles. The zero-order chi connectivity index (χ0) is 23.4. The molecule has 34 heavy (non-hydrogen) atoms. The number of fused-ring (bicyclic) bond motifs is 1. The maximum Gasteiger partial charge on any atom is 1.00 e. The summed E-state index contributed by atoms with van der Waals surface area (Å²) in [6.45, 7) is 2.87. The molecule has 4 rings (SSSR count). The Morgan fingerprint density at radius 3 is 2.50 bits per heavy atom. The molecular weight excluding hydrogens is 449 g/mol. The average molecular weight is 476 g/mol. The van der Waals surface area contributed by atoms with E-state index in [1.54, 1.807) is 10.6 Å². The zero-order valence-corrected chi connectivity index (χ0v) is 21.5. The van der Waals surface area contributed by atoms with E-state index in [4.69, 9.17) is 0 Å². The molecule has 1 aliphatic heterocycles. The van der Waals surface area contributed by atoms with Crippen LogP contribution in [-0.2, 0) is 30.6 Å². The Morgan fingerprint density at radius 1 is 1.00 bits per heavy atom. The van der Waals surface area contributed by atoms with Gasteiger partial charge in [0.1, 0.15) is 0 Å². The Balaban J connectivity index is 0.00000324. The zero-order valence-electron chi connectivity index (χ0n) is 19.5. The van der Waals surface area contributed by atoms with Crippen molar-refractivity contribution < 1.29 is 48.2 Å². The number of likely N-dealkylation sites (tertiary alicyclic amines) is 1. The van der Waals surface area contributed by atoms with Crippen LogP contribution in [0.4, 0.5) is 8.78 Å². The summed E-state index contributed by atoms with van der Waals surface area (Å²) in [4.78, 5) is 26.7. The van der Waals surface area contributed by atoms with Crippen molar-refractivity contribution >= 4 is 16.9 Å². The summed E-state index contributed by atoms with van der Waals surface area (Å²) in [5, 5.41) is 11.9. The predicted octanol–water partition coefficient (Wildman–Crippen LogP) is -0.153. The Bertz CT molecular complexity index is 1220. The molecule has 1 aliphatic rings. The second kappa shape index (κ2) is 12.1. The van der Waals surface area contributed by atoms with Crippen LogP contribution >= 0.6 is 0 Å². The van der Waals surface area contributed by atoms with Gasteiger partial charge >= 0.3 is 29.6 Å². The quantitative estimate of drug-likeness (QED) is 0.403. The fourth-order valence-corrected chi connectivity index (χ4v) is 4.67. The van der Waals surface area contributed by atoms with Crippen LogP contribution in [0.25, 0.3) is 10.9 Å². The molecule has 0 saturated carbocycles. The summed E-state index contributed by atoms with van der Waals surface area (Å²) in [5.41, 5.74) is 1.97. The second-order valence-corrected chi connectivity index (χ2v) is 8.67. The number of hydrogen-bond donors (Lipinski definition) is 0. The number of rotatable bonds is 9. The molecule has 0 bridgehead atoms. The van der Waals surface area contributed by atoms with Gasteiger partial charge in [0.05, 0.1) is 18.0 Å². The second-order valence-electron chi connectivity index (χ2n) is 8.67. The molecule has 0 amide bonds. The van der Waals surface area contributed by atoms with Crippen molar-refractivity contribution in [3.8, 4) is 0 Å². The van der Waals surface area contributed by atoms with Gasteiger partial charge in [-0.2, -0.15) is 0 Å². The van der Waals surface area contributed by atoms with E-state index >= 15 is 0 Å². The van der Waals surface area contributed by atoms with Gasteiger partial charge in [0.2, 0.25) is 0 Å². The Labute approximate surface area is 219 Å². The Morgan fingerprint density at radius 2 is 1.76 bits per heavy atom. The number of nitrogens with zero attached hydrogens (tertiary/aromatic N) is 2. The molecule has 174 valence electrons. The largest absolute Gasteiger partial charge is 1.00 e. The van der Waals surface area contributed by atoms with Crippen LogP contribution in [0.2, 0.25) is 0 Å². The first-order valence-electron chi connectivity index (χ1n) is 11.4. The van der Waals surface area contributed by atoms with Gasteiger partial charge in [0.25, 0.3) is 0 Å². The first-order chi connectivity index (χ1) is 15.9. The van der Waals surface area contributed by atoms with Gasteiger partial charge in [0, 0.05) is 17.1 Å². The van der Waals surface area contributed by atoms with E-state index in [0.29, 0.717) is 16.6 Å². The van der Waals surface area contributed by atoms with Gasteiger partial charge in [-0.1, -0.05) is 18.2 Å². The Hall–Kier alpha value is -2.06. The number of aliphatic carboxylic acids is 1. The molecule has 2 heterocycles. The van der Waals surface area contributed by atoms with Gasteiger partial charge in [-0.3, -0.25) is 4.79 Å². The van der Waals surface area contributed by atoms with Crippen molar-refractivity contribution in [1.29, 1.82) is 0 Å². The van der Waals surface area contributed by atoms with Gasteiger partial charge in [-0.15, -0.1) is 0 Å². The maximum absolute atomic E-state index is 14.1. The van der Waals surface area contributed by atoms with E-state index in [0.717, 1.165) is 44.1 Å². The fourth-order valence-electron chi connectivity index (χ4n) is 4.67. The Kier molecular flexibility index (Phi) is 9.42. The van der Waals surface area contributed by atoms with Crippen molar-refractivity contribution in [2.45, 2.75) is 45.1 Å². The van der Waals surface area contributed by atoms with Gasteiger partial charge in [0.15, 0.2) is 17.1 Å². The van der Waals surface area contributed by atoms with Gasteiger partial charge in [-0.25, -0.2) is 8.78 Å². The molecule has 8 heteroatoms. The summed E-state index contributed by atoms with van der Waals surface area (Å²) in [5.74, 6) is -3.14. The van der Waals surface area contributed by atoms with Crippen LogP contribution in [-0.4, -0.2) is 35.1 Å². The van der Waals surface area contributed by atoms with Crippen molar-refractivity contribution in [3.63, 3.8) is 0 Å². The minimum absolute atomic E-state index is 0. The first kappa shape index (κ1) is 26.5. The molecule has 5 nitrogen and oxygen atoms in total. The molecule has 0 unspecified atom stereocenters. The van der Waals surface area contributed by atoms with Crippen molar-refractivity contribution in [1.82, 2.24) is 9.47 Å². The van der Waals surface area contributed by atoms with Crippen molar-refractivity contribution in [2.75, 3.05) is 19.6 Å². The van der Waals surface area contributed by atoms with Crippen LogP contribution in [0.1, 0.15) is 36.1 Å². The van der Waals surface area contributed by atoms with Gasteiger partial charge in [-0.05, 0) is 87.5 Å². The van der Waals surface area contributed by atoms with E-state index in [1.807, 2.05) is 12.1 Å². The standard InChI is InChI=1S/C26H28F2N2O3.Na/c27-22-7-3-6-19(26(22)28)9-10-20-16-24(31)21-11-8-18(5-4-14-29-12-1-2-13-29)15-23(21)30(20)17-25(32)33;/h3,6-8,11,15-16H,1-2,4-5,9-10,12-14,17H2,(H,32,33);/q;+1/p-1. The van der Waals surface area contributed by atoms with E-state index < -0.39 is 24.1 Å². The van der Waals surface area contributed by atoms with E-state index in [-0.39, 0.29) is 53.4 Å². The average Bonchev–Trinajstić information content (AvgIpc) is 3.30. The van der Waals surface area contributed by atoms with E-state index in [2.05, 4.69) is 4.90 Å². The number of hydrogen-bond acceptors (Lipinski definition) is 4. The third kappa shape index (κ3) is 6.33. The van der Waals surface area contributed by atoms with Crippen LogP contribution < -0.4 is 40.1 Å². The van der Waals surface area contributed by atoms with E-state index in [1.165, 1.54) is 31.0 Å². The van der Waals surface area contributed by atoms with Crippen molar-refractivity contribution in [2.24, 2.45) is 0 Å². The molecule has 0 spiro atoms. The van der Waals surface area contributed by atoms with Crippen LogP contribution in [0.15, 0.2) is 47.3 Å². The summed E-state index contributed by atoms with van der Waals surface area (Å²) in [7, 11) is 0. The molecule has 3 aromatic rings. The number of benzene rings is 2. The van der Waals surface area contributed by atoms with Crippen LogP contribution in [0.3, 0.4) is 0 Å². The van der Waals surface area contributed by atoms with Crippen molar-refractivity contribution in [3.05, 3.63) is 81.1 Å². The van der Waals surface area contributed by atoms with E-state index in [9.17, 15) is 23.5 Å². The number of carbonyl (C=O) groups is 1. The number of pyridine rings is 1. The summed E-state index contributed by atoms with van der Waals surface area (Å²) in [6.07, 6.45) is 4.62. The molecule has 0 atom stereocenters. The summed E-state index contributed by atoms with van der Waals surface area (Å²) < 4.78 is 29.2. The molecule has 1 fully saturated rings. The maximum atomic E-state index is 14.1. The molecule has 1 saturated heterocycles. The molecule has 0 aliphatic carbocycles. The minimum Gasteiger partial charge on any atom is -0.548 e. The number of aryl methyl sites for hydroxylation is 3. The van der Waals surface area contributed by atoms with Crippen LogP contribution in [0, 0.1) is 11.6 Å². The molecule has 0 radical (unpaired) electrons. The number of aromatic nitrogens is 1. The smallest absolute Gasteiger partial charge is 0.548 e. The van der Waals surface area contributed by atoms with Crippen LogP contribution in [0.5, 0.6) is 0 Å². The number of carboxylic acids is 1. The molecule has 0 N–H and O–H groups in total. The summed E-state index contributed by atoms with van der Waals surface area (Å²) >= 11 is 0. The topological polar surface area (TPSA) is 65.4 Å². The first-order valence-corrected chi connectivity index (χ1v) is 11.4. The SMILES string of the molecule is O=C([O-])Cn1c(CCc2cccc(F)c2F)cc(=O)c2ccc(CCCN3CCCC3)cc21.[Na+]. The predicted molar refractivity (Wildman–Crippen MR) is 121 cm³/mol. The number of carbonyl (C=O) groups excluding carboxylic acids is 1. The number of carboxylic acid groups (broad SMARTS) is 1. The normalized spacial score (nSPS) is 13.8. The minimum atomic E-state index is -1.28. The third-order valence-corrected chi connectivity index (χ3v) is 6.37. The van der Waals surface area contributed by atoms with Gasteiger partial charge < -0.3 is 19.4 Å².